The standard InChI is InChI=1S/C33H28N2O5/c1-2-35-28-16-13-23(19-25(28)26-20-24(14-17-29(26)35)32(37)30-9-6-18-39-30)31(36)27(15-12-21-10-11-21)34-40-33(38)22-7-4-3-5-8-22/h3-9,13-14,16-21H,2,10-12,15H2,1H3/b34-27+. The predicted octanol–water partition coefficient (Wildman–Crippen LogP) is 7.22. The van der Waals surface area contributed by atoms with Gasteiger partial charge in [0.25, 0.3) is 0 Å². The Balaban J connectivity index is 1.37. The van der Waals surface area contributed by atoms with Crippen molar-refractivity contribution in [2.45, 2.75) is 39.2 Å². The quantitative estimate of drug-likeness (QED) is 0.0819. The van der Waals surface area contributed by atoms with E-state index in [0.717, 1.165) is 47.6 Å². The maximum absolute atomic E-state index is 13.7. The van der Waals surface area contributed by atoms with Gasteiger partial charge in [-0.25, -0.2) is 4.79 Å². The van der Waals surface area contributed by atoms with Crippen LogP contribution in [-0.2, 0) is 11.4 Å². The van der Waals surface area contributed by atoms with Crippen LogP contribution in [0.3, 0.4) is 0 Å². The van der Waals surface area contributed by atoms with E-state index >= 15 is 0 Å². The van der Waals surface area contributed by atoms with E-state index in [4.69, 9.17) is 9.25 Å². The van der Waals surface area contributed by atoms with E-state index in [2.05, 4.69) is 16.6 Å². The highest BCUT2D eigenvalue weighted by molar-refractivity contribution is 6.46. The molecule has 0 aliphatic heterocycles. The molecule has 0 unspecified atom stereocenters. The first-order valence-electron chi connectivity index (χ1n) is 13.6. The van der Waals surface area contributed by atoms with Crippen molar-refractivity contribution in [3.63, 3.8) is 0 Å². The van der Waals surface area contributed by atoms with E-state index in [1.807, 2.05) is 30.3 Å². The minimum atomic E-state index is -0.604. The fraction of sp³-hybridized carbons (Fsp3) is 0.212. The van der Waals surface area contributed by atoms with Crippen LogP contribution in [0.1, 0.15) is 69.4 Å². The van der Waals surface area contributed by atoms with E-state index in [-0.39, 0.29) is 23.0 Å². The SMILES string of the molecule is CCn1c2ccc(C(=O)/C(CCC3CC3)=N/OC(=O)c3ccccc3)cc2c2cc(C(=O)c3ccco3)ccc21. The maximum atomic E-state index is 13.7. The normalized spacial score (nSPS) is 13.6. The number of fused-ring (bicyclic) bond motifs is 3. The zero-order valence-electron chi connectivity index (χ0n) is 22.1. The molecule has 1 fully saturated rings. The van der Waals surface area contributed by atoms with Crippen LogP contribution in [-0.4, -0.2) is 27.8 Å². The lowest BCUT2D eigenvalue weighted by Gasteiger charge is -2.07. The molecule has 0 spiro atoms. The summed E-state index contributed by atoms with van der Waals surface area (Å²) < 4.78 is 7.47. The summed E-state index contributed by atoms with van der Waals surface area (Å²) in [6.45, 7) is 2.78. The van der Waals surface area contributed by atoms with Gasteiger partial charge in [-0.2, -0.15) is 0 Å². The molecule has 5 aromatic rings. The third-order valence-electron chi connectivity index (χ3n) is 7.45. The Kier molecular flexibility index (Phi) is 6.86. The lowest BCUT2D eigenvalue weighted by atomic mass is 9.99. The summed E-state index contributed by atoms with van der Waals surface area (Å²) in [6, 6.07) is 23.1. The first-order valence-corrected chi connectivity index (χ1v) is 13.6. The fourth-order valence-corrected chi connectivity index (χ4v) is 5.12. The van der Waals surface area contributed by atoms with Gasteiger partial charge in [0.05, 0.1) is 11.8 Å². The smallest absolute Gasteiger partial charge is 0.365 e. The summed E-state index contributed by atoms with van der Waals surface area (Å²) in [6.07, 6.45) is 5.02. The van der Waals surface area contributed by atoms with E-state index < -0.39 is 5.97 Å². The molecule has 3 aromatic carbocycles. The minimum absolute atomic E-state index is 0.203. The molecule has 2 aromatic heterocycles. The van der Waals surface area contributed by atoms with E-state index in [9.17, 15) is 14.4 Å². The molecule has 7 nitrogen and oxygen atoms in total. The highest BCUT2D eigenvalue weighted by atomic mass is 16.7. The molecule has 0 amide bonds. The molecule has 1 aliphatic carbocycles. The largest absolute Gasteiger partial charge is 0.461 e. The number of ketones is 2. The Morgan fingerprint density at radius 3 is 2.23 bits per heavy atom. The molecule has 0 atom stereocenters. The molecular weight excluding hydrogens is 504 g/mol. The van der Waals surface area contributed by atoms with Crippen molar-refractivity contribution in [3.05, 3.63) is 108 Å². The first kappa shape index (κ1) is 25.5. The summed E-state index contributed by atoms with van der Waals surface area (Å²) in [5.41, 5.74) is 3.49. The summed E-state index contributed by atoms with van der Waals surface area (Å²) in [5, 5.41) is 5.79. The Hall–Kier alpha value is -4.78. The van der Waals surface area contributed by atoms with Crippen molar-refractivity contribution >= 4 is 45.1 Å². The molecule has 1 aliphatic rings. The first-order chi connectivity index (χ1) is 19.5. The van der Waals surface area contributed by atoms with E-state index in [1.54, 1.807) is 48.5 Å². The van der Waals surface area contributed by atoms with E-state index in [0.29, 0.717) is 29.0 Å². The molecule has 200 valence electrons. The minimum Gasteiger partial charge on any atom is -0.461 e. The van der Waals surface area contributed by atoms with Gasteiger partial charge in [0.15, 0.2) is 5.76 Å². The monoisotopic (exact) mass is 532 g/mol. The molecule has 0 radical (unpaired) electrons. The number of aryl methyl sites for hydroxylation is 1. The molecule has 2 heterocycles. The third-order valence-corrected chi connectivity index (χ3v) is 7.45. The number of nitrogens with zero attached hydrogens (tertiary/aromatic N) is 2. The van der Waals surface area contributed by atoms with Crippen LogP contribution >= 0.6 is 0 Å². The molecule has 0 bridgehead atoms. The Bertz CT molecular complexity index is 1760. The van der Waals surface area contributed by atoms with Gasteiger partial charge < -0.3 is 13.8 Å². The van der Waals surface area contributed by atoms with Crippen molar-refractivity contribution < 1.29 is 23.6 Å². The number of hydrogen-bond donors (Lipinski definition) is 0. The van der Waals surface area contributed by atoms with Gasteiger partial charge in [-0.05, 0) is 86.3 Å². The maximum Gasteiger partial charge on any atom is 0.365 e. The third kappa shape index (κ3) is 4.98. The second-order valence-electron chi connectivity index (χ2n) is 10.1. The Morgan fingerprint density at radius 1 is 0.875 bits per heavy atom. The number of rotatable bonds is 10. The van der Waals surface area contributed by atoms with E-state index in [1.165, 1.54) is 6.26 Å². The van der Waals surface area contributed by atoms with Gasteiger partial charge in [-0.15, -0.1) is 0 Å². The highest BCUT2D eigenvalue weighted by Gasteiger charge is 2.25. The molecule has 6 rings (SSSR count). The number of oxime groups is 1. The number of carbonyl (C=O) groups is 3. The summed E-state index contributed by atoms with van der Waals surface area (Å²) in [7, 11) is 0. The lowest BCUT2D eigenvalue weighted by Crippen LogP contribution is -2.16. The second-order valence-corrected chi connectivity index (χ2v) is 10.1. The van der Waals surface area contributed by atoms with Gasteiger partial charge >= 0.3 is 5.97 Å². The van der Waals surface area contributed by atoms with Crippen LogP contribution in [0.5, 0.6) is 0 Å². The van der Waals surface area contributed by atoms with Crippen molar-refractivity contribution in [2.24, 2.45) is 11.1 Å². The number of furan rings is 1. The number of carbonyl (C=O) groups excluding carboxylic acids is 3. The zero-order valence-corrected chi connectivity index (χ0v) is 22.1. The van der Waals surface area contributed by atoms with Crippen molar-refractivity contribution in [1.29, 1.82) is 0 Å². The van der Waals surface area contributed by atoms with Crippen LogP contribution in [0.2, 0.25) is 0 Å². The predicted molar refractivity (Wildman–Crippen MR) is 153 cm³/mol. The van der Waals surface area contributed by atoms with Crippen LogP contribution < -0.4 is 0 Å². The van der Waals surface area contributed by atoms with Crippen LogP contribution in [0.15, 0.2) is 94.7 Å². The molecular formula is C33H28N2O5. The fourth-order valence-electron chi connectivity index (χ4n) is 5.12. The summed E-state index contributed by atoms with van der Waals surface area (Å²) in [4.78, 5) is 44.4. The van der Waals surface area contributed by atoms with Crippen LogP contribution in [0.4, 0.5) is 0 Å². The van der Waals surface area contributed by atoms with Crippen molar-refractivity contribution in [1.82, 2.24) is 4.57 Å². The molecule has 1 saturated carbocycles. The molecule has 7 heteroatoms. The Labute approximate surface area is 231 Å². The second kappa shape index (κ2) is 10.8. The van der Waals surface area contributed by atoms with Crippen LogP contribution in [0.25, 0.3) is 21.8 Å². The molecule has 40 heavy (non-hydrogen) atoms. The highest BCUT2D eigenvalue weighted by Crippen LogP contribution is 2.34. The molecule has 0 N–H and O–H groups in total. The van der Waals surface area contributed by atoms with Gasteiger partial charge in [-0.1, -0.05) is 36.2 Å². The average Bonchev–Trinajstić information content (AvgIpc) is 3.55. The number of hydrogen-bond acceptors (Lipinski definition) is 6. The summed E-state index contributed by atoms with van der Waals surface area (Å²) in [5.74, 6) is -0.226. The Morgan fingerprint density at radius 2 is 1.57 bits per heavy atom. The molecule has 0 saturated heterocycles. The van der Waals surface area contributed by atoms with Gasteiger partial charge in [0, 0.05) is 39.5 Å². The number of aromatic nitrogens is 1. The van der Waals surface area contributed by atoms with Gasteiger partial charge in [0.1, 0.15) is 5.71 Å². The zero-order chi connectivity index (χ0) is 27.6. The average molecular weight is 533 g/mol. The number of benzene rings is 3. The lowest BCUT2D eigenvalue weighted by molar-refractivity contribution is 0.0514. The van der Waals surface area contributed by atoms with Crippen LogP contribution in [0, 0.1) is 5.92 Å². The topological polar surface area (TPSA) is 90.9 Å². The number of Topliss-reactive ketones (excluding diaryl/α,β-unsaturated/α-hetero) is 1. The van der Waals surface area contributed by atoms with Gasteiger partial charge in [-0.3, -0.25) is 9.59 Å². The van der Waals surface area contributed by atoms with Crippen molar-refractivity contribution in [2.75, 3.05) is 0 Å². The summed E-state index contributed by atoms with van der Waals surface area (Å²) >= 11 is 0. The van der Waals surface area contributed by atoms with Gasteiger partial charge in [0.2, 0.25) is 11.6 Å². The van der Waals surface area contributed by atoms with Crippen molar-refractivity contribution in [3.8, 4) is 0 Å².